The predicted octanol–water partition coefficient (Wildman–Crippen LogP) is 2.18. The van der Waals surface area contributed by atoms with Crippen LogP contribution >= 0.6 is 11.3 Å². The molecule has 0 aromatic carbocycles. The topological polar surface area (TPSA) is 74.1 Å². The van der Waals surface area contributed by atoms with Gasteiger partial charge in [0.1, 0.15) is 6.54 Å². The van der Waals surface area contributed by atoms with Crippen molar-refractivity contribution in [2.24, 2.45) is 11.3 Å². The summed E-state index contributed by atoms with van der Waals surface area (Å²) in [5.41, 5.74) is 1.11. The van der Waals surface area contributed by atoms with E-state index in [0.717, 1.165) is 29.5 Å². The van der Waals surface area contributed by atoms with Gasteiger partial charge in [-0.25, -0.2) is 0 Å². The van der Waals surface area contributed by atoms with E-state index < -0.39 is 5.97 Å². The Morgan fingerprint density at radius 1 is 1.43 bits per heavy atom. The van der Waals surface area contributed by atoms with Gasteiger partial charge >= 0.3 is 5.97 Å². The van der Waals surface area contributed by atoms with Gasteiger partial charge in [-0.15, -0.1) is 16.4 Å². The Balaban J connectivity index is 2.04. The molecule has 7 heteroatoms. The number of rotatable bonds is 2. The molecule has 23 heavy (non-hydrogen) atoms. The van der Waals surface area contributed by atoms with Gasteiger partial charge in [0.2, 0.25) is 0 Å². The van der Waals surface area contributed by atoms with Crippen LogP contribution in [0.4, 0.5) is 0 Å². The first-order valence-electron chi connectivity index (χ1n) is 7.76. The molecule has 0 radical (unpaired) electrons. The van der Waals surface area contributed by atoms with Gasteiger partial charge in [-0.2, -0.15) is 4.68 Å². The Morgan fingerprint density at radius 3 is 2.83 bits per heavy atom. The third-order valence-corrected chi connectivity index (χ3v) is 5.81. The van der Waals surface area contributed by atoms with Crippen LogP contribution in [0.15, 0.2) is 4.79 Å². The molecule has 1 unspecified atom stereocenters. The molecule has 0 bridgehead atoms. The lowest BCUT2D eigenvalue weighted by Gasteiger charge is -2.33. The molecular weight excluding hydrogens is 314 g/mol. The third-order valence-electron chi connectivity index (χ3n) is 4.67. The predicted molar refractivity (Wildman–Crippen MR) is 88.7 cm³/mol. The highest BCUT2D eigenvalue weighted by atomic mass is 32.1. The first-order valence-corrected chi connectivity index (χ1v) is 8.57. The number of hydrogen-bond donors (Lipinski definition) is 0. The van der Waals surface area contributed by atoms with Gasteiger partial charge in [0, 0.05) is 4.88 Å². The molecule has 1 atom stereocenters. The highest BCUT2D eigenvalue weighted by Gasteiger charge is 2.32. The minimum Gasteiger partial charge on any atom is -0.468 e. The fourth-order valence-electron chi connectivity index (χ4n) is 3.16. The van der Waals surface area contributed by atoms with Crippen molar-refractivity contribution in [2.45, 2.75) is 46.6 Å². The van der Waals surface area contributed by atoms with Crippen LogP contribution in [-0.4, -0.2) is 28.1 Å². The first-order chi connectivity index (χ1) is 10.8. The highest BCUT2D eigenvalue weighted by molar-refractivity contribution is 7.18. The number of hydrogen-bond acceptors (Lipinski definition) is 6. The molecule has 0 amide bonds. The van der Waals surface area contributed by atoms with E-state index in [2.05, 4.69) is 35.8 Å². The first kappa shape index (κ1) is 16.1. The van der Waals surface area contributed by atoms with Crippen molar-refractivity contribution in [3.63, 3.8) is 0 Å². The Hall–Kier alpha value is -1.76. The fraction of sp³-hybridized carbons (Fsp3) is 0.625. The molecule has 6 nitrogen and oxygen atoms in total. The molecular formula is C16H21N3O3S. The van der Waals surface area contributed by atoms with E-state index >= 15 is 0 Å². The van der Waals surface area contributed by atoms with Gasteiger partial charge < -0.3 is 4.74 Å². The number of ether oxygens (including phenoxy) is 1. The summed E-state index contributed by atoms with van der Waals surface area (Å²) in [4.78, 5) is 26.0. The van der Waals surface area contributed by atoms with E-state index in [1.54, 1.807) is 11.3 Å². The number of carbonyl (C=O) groups is 1. The second kappa shape index (κ2) is 5.70. The Kier molecular flexibility index (Phi) is 4.00. The standard InChI is InChI=1S/C16H21N3O3S/c1-16(2,3)9-5-6-10-11(7-9)23-14-13(10)15(21)19(18-17-14)8-12(20)22-4/h9H,5-8H2,1-4H3. The molecule has 1 aliphatic carbocycles. The second-order valence-corrected chi connectivity index (χ2v) is 8.20. The van der Waals surface area contributed by atoms with E-state index in [-0.39, 0.29) is 17.5 Å². The number of thiophene rings is 1. The molecule has 2 aromatic heterocycles. The van der Waals surface area contributed by atoms with Crippen LogP contribution in [0.25, 0.3) is 10.2 Å². The van der Waals surface area contributed by atoms with Gasteiger partial charge in [0.05, 0.1) is 12.5 Å². The number of aromatic nitrogens is 3. The number of nitrogens with zero attached hydrogens (tertiary/aromatic N) is 3. The summed E-state index contributed by atoms with van der Waals surface area (Å²) in [6.45, 7) is 6.59. The zero-order chi connectivity index (χ0) is 16.8. The average Bonchev–Trinajstić information content (AvgIpc) is 2.87. The van der Waals surface area contributed by atoms with Crippen LogP contribution in [0, 0.1) is 11.3 Å². The van der Waals surface area contributed by atoms with E-state index in [1.165, 1.54) is 12.0 Å². The van der Waals surface area contributed by atoms with Crippen molar-refractivity contribution >= 4 is 27.5 Å². The van der Waals surface area contributed by atoms with Crippen molar-refractivity contribution in [1.29, 1.82) is 0 Å². The Labute approximate surface area is 138 Å². The zero-order valence-electron chi connectivity index (χ0n) is 13.9. The maximum absolute atomic E-state index is 12.7. The molecule has 0 saturated heterocycles. The van der Waals surface area contributed by atoms with E-state index in [9.17, 15) is 9.59 Å². The Bertz CT molecular complexity index is 816. The fourth-order valence-corrected chi connectivity index (χ4v) is 4.39. The van der Waals surface area contributed by atoms with Crippen molar-refractivity contribution in [3.8, 4) is 0 Å². The SMILES string of the molecule is COC(=O)Cn1nnc2sc3c(c2c1=O)CCC(C(C)(C)C)C3. The summed E-state index contributed by atoms with van der Waals surface area (Å²) in [7, 11) is 1.29. The summed E-state index contributed by atoms with van der Waals surface area (Å²) in [6.07, 6.45) is 2.94. The molecule has 0 spiro atoms. The van der Waals surface area contributed by atoms with Gasteiger partial charge in [0.25, 0.3) is 5.56 Å². The second-order valence-electron chi connectivity index (χ2n) is 7.12. The quantitative estimate of drug-likeness (QED) is 0.787. The molecule has 0 saturated carbocycles. The van der Waals surface area contributed by atoms with Crippen LogP contribution in [-0.2, 0) is 28.9 Å². The molecule has 2 heterocycles. The lowest BCUT2D eigenvalue weighted by Crippen LogP contribution is -2.29. The van der Waals surface area contributed by atoms with E-state index in [0.29, 0.717) is 16.1 Å². The summed E-state index contributed by atoms with van der Waals surface area (Å²) in [5.74, 6) is 0.103. The van der Waals surface area contributed by atoms with Gasteiger partial charge in [0.15, 0.2) is 4.83 Å². The normalized spacial score (nSPS) is 18.0. The monoisotopic (exact) mass is 335 g/mol. The summed E-state index contributed by atoms with van der Waals surface area (Å²) < 4.78 is 5.70. The Morgan fingerprint density at radius 2 is 2.17 bits per heavy atom. The van der Waals surface area contributed by atoms with Crippen molar-refractivity contribution in [3.05, 3.63) is 20.8 Å². The van der Waals surface area contributed by atoms with Crippen LogP contribution < -0.4 is 5.56 Å². The van der Waals surface area contributed by atoms with Crippen molar-refractivity contribution in [1.82, 2.24) is 15.0 Å². The number of fused-ring (bicyclic) bond motifs is 3. The minimum absolute atomic E-state index is 0.201. The van der Waals surface area contributed by atoms with Crippen molar-refractivity contribution in [2.75, 3.05) is 7.11 Å². The minimum atomic E-state index is -0.502. The summed E-state index contributed by atoms with van der Waals surface area (Å²) in [6, 6.07) is 0. The average molecular weight is 335 g/mol. The van der Waals surface area contributed by atoms with Gasteiger partial charge in [-0.3, -0.25) is 9.59 Å². The van der Waals surface area contributed by atoms with E-state index in [4.69, 9.17) is 0 Å². The third kappa shape index (κ3) is 2.89. The lowest BCUT2D eigenvalue weighted by atomic mass is 9.72. The number of esters is 1. The lowest BCUT2D eigenvalue weighted by molar-refractivity contribution is -0.141. The molecule has 124 valence electrons. The number of carbonyl (C=O) groups excluding carboxylic acids is 1. The van der Waals surface area contributed by atoms with E-state index in [1.807, 2.05) is 0 Å². The zero-order valence-corrected chi connectivity index (χ0v) is 14.7. The maximum atomic E-state index is 12.7. The van der Waals surface area contributed by atoms with Gasteiger partial charge in [-0.1, -0.05) is 26.0 Å². The summed E-state index contributed by atoms with van der Waals surface area (Å²) >= 11 is 1.56. The smallest absolute Gasteiger partial charge is 0.327 e. The van der Waals surface area contributed by atoms with Gasteiger partial charge in [-0.05, 0) is 36.2 Å². The van der Waals surface area contributed by atoms with Crippen LogP contribution in [0.3, 0.4) is 0 Å². The largest absolute Gasteiger partial charge is 0.468 e. The van der Waals surface area contributed by atoms with Crippen LogP contribution in [0.5, 0.6) is 0 Å². The molecule has 2 aromatic rings. The maximum Gasteiger partial charge on any atom is 0.327 e. The molecule has 3 rings (SSSR count). The molecule has 0 aliphatic heterocycles. The van der Waals surface area contributed by atoms with Crippen LogP contribution in [0.1, 0.15) is 37.6 Å². The van der Waals surface area contributed by atoms with Crippen molar-refractivity contribution < 1.29 is 9.53 Å². The molecule has 0 N–H and O–H groups in total. The number of aryl methyl sites for hydroxylation is 1. The summed E-state index contributed by atoms with van der Waals surface area (Å²) in [5, 5.41) is 8.65. The van der Waals surface area contributed by atoms with Crippen LogP contribution in [0.2, 0.25) is 0 Å². The highest BCUT2D eigenvalue weighted by Crippen LogP contribution is 2.41. The number of methoxy groups -OCH3 is 1. The molecule has 1 aliphatic rings. The molecule has 0 fully saturated rings.